The summed E-state index contributed by atoms with van der Waals surface area (Å²) in [6.45, 7) is 9.05. The van der Waals surface area contributed by atoms with Crippen molar-refractivity contribution in [2.75, 3.05) is 46.0 Å². The van der Waals surface area contributed by atoms with Crippen LogP contribution in [0.15, 0.2) is 52.5 Å². The summed E-state index contributed by atoms with van der Waals surface area (Å²) in [6, 6.07) is 12.3. The van der Waals surface area contributed by atoms with Crippen molar-refractivity contribution in [3.63, 3.8) is 0 Å². The molecule has 0 unspecified atom stereocenters. The lowest BCUT2D eigenvalue weighted by Gasteiger charge is -2.29. The van der Waals surface area contributed by atoms with Crippen molar-refractivity contribution in [2.45, 2.75) is 39.2 Å². The number of ketones is 1. The molecule has 0 saturated carbocycles. The van der Waals surface area contributed by atoms with E-state index in [1.807, 2.05) is 37.3 Å². The molecule has 2 aromatic carbocycles. The zero-order valence-electron chi connectivity index (χ0n) is 21.5. The van der Waals surface area contributed by atoms with E-state index in [9.17, 15) is 14.7 Å². The molecule has 0 spiro atoms. The minimum absolute atomic E-state index is 0.123. The molecule has 198 valence electrons. The first kappa shape index (κ1) is 27.4. The standard InChI is InChI=1S/C29H35BrN2O5/c1-3-4-16-37-24-11-8-22(19-20(24)2)27(33)25-26(21-6-9-23(30)10-7-21)32(29(35)28(25)34)13-5-12-31-14-17-36-18-15-31/h6-11,19,26,33H,3-5,12-18H2,1-2H3/t26-/m1/s1. The molecule has 2 aliphatic heterocycles. The number of amides is 1. The van der Waals surface area contributed by atoms with Gasteiger partial charge in [0.25, 0.3) is 11.7 Å². The Labute approximate surface area is 227 Å². The van der Waals surface area contributed by atoms with Crippen LogP contribution in [0.5, 0.6) is 5.75 Å². The number of hydrogen-bond acceptors (Lipinski definition) is 6. The van der Waals surface area contributed by atoms with Gasteiger partial charge in [0.2, 0.25) is 0 Å². The van der Waals surface area contributed by atoms with Crippen molar-refractivity contribution >= 4 is 33.4 Å². The molecular weight excluding hydrogens is 536 g/mol. The molecule has 2 aromatic rings. The fourth-order valence-electron chi connectivity index (χ4n) is 4.83. The third kappa shape index (κ3) is 6.43. The Morgan fingerprint density at radius 2 is 1.81 bits per heavy atom. The molecule has 4 rings (SSSR count). The highest BCUT2D eigenvalue weighted by molar-refractivity contribution is 9.10. The first-order valence-corrected chi connectivity index (χ1v) is 13.8. The zero-order valence-corrected chi connectivity index (χ0v) is 23.1. The number of halogens is 1. The van der Waals surface area contributed by atoms with Gasteiger partial charge < -0.3 is 19.5 Å². The zero-order chi connectivity index (χ0) is 26.4. The van der Waals surface area contributed by atoms with E-state index >= 15 is 0 Å². The Balaban J connectivity index is 1.64. The lowest BCUT2D eigenvalue weighted by atomic mass is 9.94. The molecule has 0 bridgehead atoms. The number of aliphatic hydroxyl groups excluding tert-OH is 1. The minimum Gasteiger partial charge on any atom is -0.507 e. The number of rotatable bonds is 10. The van der Waals surface area contributed by atoms with Gasteiger partial charge in [0, 0.05) is 36.2 Å². The van der Waals surface area contributed by atoms with Crippen molar-refractivity contribution in [3.8, 4) is 5.75 Å². The van der Waals surface area contributed by atoms with Crippen molar-refractivity contribution in [1.82, 2.24) is 9.80 Å². The average molecular weight is 572 g/mol. The average Bonchev–Trinajstić information content (AvgIpc) is 3.15. The number of benzene rings is 2. The Kier molecular flexibility index (Phi) is 9.40. The topological polar surface area (TPSA) is 79.3 Å². The second-order valence-corrected chi connectivity index (χ2v) is 10.4. The largest absolute Gasteiger partial charge is 0.507 e. The summed E-state index contributed by atoms with van der Waals surface area (Å²) < 4.78 is 12.2. The highest BCUT2D eigenvalue weighted by Crippen LogP contribution is 2.40. The molecule has 0 radical (unpaired) electrons. The first-order valence-electron chi connectivity index (χ1n) is 13.0. The maximum Gasteiger partial charge on any atom is 0.295 e. The minimum atomic E-state index is -0.655. The Hall–Kier alpha value is -2.68. The van der Waals surface area contributed by atoms with Crippen LogP contribution < -0.4 is 4.74 Å². The van der Waals surface area contributed by atoms with Crippen LogP contribution in [0.1, 0.15) is 48.9 Å². The van der Waals surface area contributed by atoms with E-state index in [0.29, 0.717) is 31.9 Å². The molecule has 1 atom stereocenters. The molecule has 2 fully saturated rings. The van der Waals surface area contributed by atoms with Gasteiger partial charge in [-0.1, -0.05) is 41.4 Å². The molecular formula is C29H35BrN2O5. The molecule has 37 heavy (non-hydrogen) atoms. The highest BCUT2D eigenvalue weighted by atomic mass is 79.9. The first-order chi connectivity index (χ1) is 17.9. The van der Waals surface area contributed by atoms with Crippen LogP contribution in [-0.2, 0) is 14.3 Å². The van der Waals surface area contributed by atoms with E-state index in [2.05, 4.69) is 27.8 Å². The number of nitrogens with zero attached hydrogens (tertiary/aromatic N) is 2. The molecule has 0 aliphatic carbocycles. The number of carbonyl (C=O) groups is 2. The summed E-state index contributed by atoms with van der Waals surface area (Å²) in [5, 5.41) is 11.4. The van der Waals surface area contributed by atoms with Gasteiger partial charge in [0.05, 0.1) is 31.4 Å². The number of likely N-dealkylation sites (tertiary alicyclic amines) is 1. The number of hydrogen-bond donors (Lipinski definition) is 1. The highest BCUT2D eigenvalue weighted by Gasteiger charge is 2.45. The predicted molar refractivity (Wildman–Crippen MR) is 147 cm³/mol. The van der Waals surface area contributed by atoms with Crippen LogP contribution in [0.2, 0.25) is 0 Å². The van der Waals surface area contributed by atoms with Gasteiger partial charge in [-0.15, -0.1) is 0 Å². The summed E-state index contributed by atoms with van der Waals surface area (Å²) in [5.41, 5.74) is 2.26. The molecule has 1 N–H and O–H groups in total. The van der Waals surface area contributed by atoms with Crippen LogP contribution in [0.4, 0.5) is 0 Å². The predicted octanol–water partition coefficient (Wildman–Crippen LogP) is 5.08. The molecule has 8 heteroatoms. The van der Waals surface area contributed by atoms with Gasteiger partial charge in [-0.2, -0.15) is 0 Å². The van der Waals surface area contributed by atoms with Crippen LogP contribution in [-0.4, -0.2) is 72.6 Å². The summed E-state index contributed by atoms with van der Waals surface area (Å²) in [5.74, 6) is -0.645. The Morgan fingerprint density at radius 1 is 1.08 bits per heavy atom. The van der Waals surface area contributed by atoms with Crippen LogP contribution >= 0.6 is 15.9 Å². The molecule has 1 amide bonds. The normalized spacial score (nSPS) is 20.0. The van der Waals surface area contributed by atoms with E-state index < -0.39 is 17.7 Å². The second-order valence-electron chi connectivity index (χ2n) is 9.53. The number of morpholine rings is 1. The van der Waals surface area contributed by atoms with E-state index in [4.69, 9.17) is 9.47 Å². The van der Waals surface area contributed by atoms with E-state index in [0.717, 1.165) is 60.2 Å². The number of carbonyl (C=O) groups excluding carboxylic acids is 2. The SMILES string of the molecule is CCCCOc1ccc(C(O)=C2C(=O)C(=O)N(CCCN3CCOCC3)[C@@H]2c2ccc(Br)cc2)cc1C. The maximum absolute atomic E-state index is 13.3. The maximum atomic E-state index is 13.3. The fourth-order valence-corrected chi connectivity index (χ4v) is 5.10. The van der Waals surface area contributed by atoms with Gasteiger partial charge in [0.1, 0.15) is 11.5 Å². The van der Waals surface area contributed by atoms with Crippen LogP contribution in [0.3, 0.4) is 0 Å². The van der Waals surface area contributed by atoms with E-state index in [1.54, 1.807) is 17.0 Å². The smallest absolute Gasteiger partial charge is 0.295 e. The molecule has 2 aliphatic rings. The number of Topliss-reactive ketones (excluding diaryl/α,β-unsaturated/α-hetero) is 1. The van der Waals surface area contributed by atoms with Gasteiger partial charge in [0.15, 0.2) is 0 Å². The molecule has 2 saturated heterocycles. The Bertz CT molecular complexity index is 1140. The third-order valence-corrected chi connectivity index (χ3v) is 7.44. The van der Waals surface area contributed by atoms with E-state index in [1.165, 1.54) is 0 Å². The summed E-state index contributed by atoms with van der Waals surface area (Å²) in [6.07, 6.45) is 2.73. The third-order valence-electron chi connectivity index (χ3n) is 6.91. The van der Waals surface area contributed by atoms with Crippen molar-refractivity contribution in [3.05, 3.63) is 69.2 Å². The van der Waals surface area contributed by atoms with Gasteiger partial charge in [-0.3, -0.25) is 14.5 Å². The number of aliphatic hydroxyl groups is 1. The lowest BCUT2D eigenvalue weighted by molar-refractivity contribution is -0.140. The fraction of sp³-hybridized carbons (Fsp3) is 0.448. The molecule has 0 aromatic heterocycles. The number of unbranched alkanes of at least 4 members (excludes halogenated alkanes) is 1. The second kappa shape index (κ2) is 12.7. The van der Waals surface area contributed by atoms with Crippen LogP contribution in [0, 0.1) is 6.92 Å². The quantitative estimate of drug-likeness (QED) is 0.186. The van der Waals surface area contributed by atoms with Crippen molar-refractivity contribution < 1.29 is 24.2 Å². The number of aryl methyl sites for hydroxylation is 1. The Morgan fingerprint density at radius 3 is 2.49 bits per heavy atom. The molecule has 2 heterocycles. The summed E-state index contributed by atoms with van der Waals surface area (Å²) in [4.78, 5) is 30.4. The monoisotopic (exact) mass is 570 g/mol. The van der Waals surface area contributed by atoms with E-state index in [-0.39, 0.29) is 11.3 Å². The summed E-state index contributed by atoms with van der Waals surface area (Å²) in [7, 11) is 0. The van der Waals surface area contributed by atoms with Crippen molar-refractivity contribution in [1.29, 1.82) is 0 Å². The summed E-state index contributed by atoms with van der Waals surface area (Å²) >= 11 is 3.46. The van der Waals surface area contributed by atoms with Crippen molar-refractivity contribution in [2.24, 2.45) is 0 Å². The lowest BCUT2D eigenvalue weighted by Crippen LogP contribution is -2.38. The van der Waals surface area contributed by atoms with Crippen LogP contribution in [0.25, 0.3) is 5.76 Å². The van der Waals surface area contributed by atoms with Gasteiger partial charge in [-0.25, -0.2) is 0 Å². The number of ether oxygens (including phenoxy) is 2. The molecule has 7 nitrogen and oxygen atoms in total. The van der Waals surface area contributed by atoms with Gasteiger partial charge in [-0.05, 0) is 61.2 Å². The van der Waals surface area contributed by atoms with Gasteiger partial charge >= 0.3 is 0 Å².